The molecule has 0 aromatic heterocycles. The molecule has 2 aromatic rings. The molecule has 2 aromatic carbocycles. The molecule has 1 amide bonds. The average Bonchev–Trinajstić information content (AvgIpc) is 2.71. The average molecular weight is 396 g/mol. The molecule has 0 saturated carbocycles. The minimum absolute atomic E-state index is 0.312. The Balaban J connectivity index is 1.80. The zero-order valence-electron chi connectivity index (χ0n) is 16.1. The van der Waals surface area contributed by atoms with Gasteiger partial charge in [-0.25, -0.2) is 4.79 Å². The molecule has 0 spiro atoms. The monoisotopic (exact) mass is 396 g/mol. The topological polar surface area (TPSA) is 107 Å². The molecule has 1 aliphatic rings. The first-order chi connectivity index (χ1) is 13.9. The molecule has 7 heteroatoms. The van der Waals surface area contributed by atoms with Crippen LogP contribution in [0.5, 0.6) is 0 Å². The Morgan fingerprint density at radius 1 is 1.07 bits per heavy atom. The van der Waals surface area contributed by atoms with E-state index in [0.29, 0.717) is 24.9 Å². The van der Waals surface area contributed by atoms with E-state index in [9.17, 15) is 24.6 Å². The smallest absolute Gasteiger partial charge is 0.326 e. The molecule has 3 atom stereocenters. The van der Waals surface area contributed by atoms with Crippen LogP contribution in [0, 0.1) is 0 Å². The summed E-state index contributed by atoms with van der Waals surface area (Å²) in [6, 6.07) is 13.9. The third-order valence-electron chi connectivity index (χ3n) is 5.22. The van der Waals surface area contributed by atoms with Gasteiger partial charge < -0.3 is 10.2 Å². The number of nitrogens with one attached hydrogen (secondary N) is 1. The molecule has 3 N–H and O–H groups in total. The first kappa shape index (κ1) is 20.5. The quantitative estimate of drug-likeness (QED) is 0.631. The fraction of sp³-hybridized carbons (Fsp3) is 0.318. The van der Waals surface area contributed by atoms with Crippen molar-refractivity contribution >= 4 is 23.5 Å². The highest BCUT2D eigenvalue weighted by Gasteiger charge is 2.39. The molecular formula is C22H24N2O5. The summed E-state index contributed by atoms with van der Waals surface area (Å²) in [7, 11) is 0. The number of benzene rings is 2. The number of carbonyl (C=O) groups excluding carboxylic acids is 1. The van der Waals surface area contributed by atoms with E-state index in [-0.39, 0.29) is 0 Å². The van der Waals surface area contributed by atoms with Crippen LogP contribution < -0.4 is 10.2 Å². The summed E-state index contributed by atoms with van der Waals surface area (Å²) in [5.41, 5.74) is 2.38. The van der Waals surface area contributed by atoms with Crippen LogP contribution in [0.3, 0.4) is 0 Å². The number of anilines is 1. The molecule has 7 nitrogen and oxygen atoms in total. The maximum absolute atomic E-state index is 13.1. The van der Waals surface area contributed by atoms with Gasteiger partial charge in [0.1, 0.15) is 12.1 Å². The number of hydrogen-bond donors (Lipinski definition) is 3. The summed E-state index contributed by atoms with van der Waals surface area (Å²) < 4.78 is 0. The van der Waals surface area contributed by atoms with Gasteiger partial charge in [-0.05, 0) is 43.4 Å². The fourth-order valence-electron chi connectivity index (χ4n) is 3.63. The van der Waals surface area contributed by atoms with E-state index in [1.165, 1.54) is 11.8 Å². The Morgan fingerprint density at radius 3 is 2.38 bits per heavy atom. The van der Waals surface area contributed by atoms with E-state index in [2.05, 4.69) is 5.32 Å². The van der Waals surface area contributed by atoms with Crippen LogP contribution in [0.25, 0.3) is 0 Å². The third-order valence-corrected chi connectivity index (χ3v) is 5.22. The van der Waals surface area contributed by atoms with E-state index in [4.69, 9.17) is 0 Å². The normalized spacial score (nSPS) is 18.0. The van der Waals surface area contributed by atoms with Gasteiger partial charge >= 0.3 is 11.9 Å². The molecule has 1 aliphatic heterocycles. The minimum atomic E-state index is -1.12. The van der Waals surface area contributed by atoms with Crippen LogP contribution >= 0.6 is 0 Å². The lowest BCUT2D eigenvalue weighted by Crippen LogP contribution is -2.58. The van der Waals surface area contributed by atoms with Gasteiger partial charge in [0.15, 0.2) is 0 Å². The Hall–Kier alpha value is -3.19. The van der Waals surface area contributed by atoms with Crippen molar-refractivity contribution in [1.82, 2.24) is 5.32 Å². The zero-order chi connectivity index (χ0) is 21.0. The summed E-state index contributed by atoms with van der Waals surface area (Å²) in [6.45, 7) is 1.45. The lowest BCUT2D eigenvalue weighted by molar-refractivity contribution is -0.141. The van der Waals surface area contributed by atoms with Gasteiger partial charge in [-0.2, -0.15) is 0 Å². The molecule has 0 fully saturated rings. The van der Waals surface area contributed by atoms with E-state index >= 15 is 0 Å². The Kier molecular flexibility index (Phi) is 6.29. The largest absolute Gasteiger partial charge is 0.480 e. The maximum atomic E-state index is 13.1. The number of carbonyl (C=O) groups is 3. The summed E-state index contributed by atoms with van der Waals surface area (Å²) in [6.07, 6.45) is 1.18. The number of rotatable bonds is 8. The highest BCUT2D eigenvalue weighted by molar-refractivity contribution is 6.04. The predicted octanol–water partition coefficient (Wildman–Crippen LogP) is 2.09. The molecular weight excluding hydrogens is 372 g/mol. The maximum Gasteiger partial charge on any atom is 0.326 e. The van der Waals surface area contributed by atoms with Crippen molar-refractivity contribution < 1.29 is 24.6 Å². The molecule has 0 aliphatic carbocycles. The molecule has 152 valence electrons. The SMILES string of the molecule is CC(C(=O)O)N1C(=O)C(NC(CCc2ccccc2)C(=O)O)Cc2ccccc21. The number of fused-ring (bicyclic) bond motifs is 1. The van der Waals surface area contributed by atoms with Gasteiger partial charge in [0.25, 0.3) is 0 Å². The second-order valence-electron chi connectivity index (χ2n) is 7.19. The van der Waals surface area contributed by atoms with Crippen molar-refractivity contribution in [3.63, 3.8) is 0 Å². The first-order valence-electron chi connectivity index (χ1n) is 9.55. The summed E-state index contributed by atoms with van der Waals surface area (Å²) >= 11 is 0. The fourth-order valence-corrected chi connectivity index (χ4v) is 3.63. The van der Waals surface area contributed by atoms with Crippen LogP contribution in [0.2, 0.25) is 0 Å². The second-order valence-corrected chi connectivity index (χ2v) is 7.19. The van der Waals surface area contributed by atoms with Gasteiger partial charge in [0.2, 0.25) is 5.91 Å². The lowest BCUT2D eigenvalue weighted by atomic mass is 9.94. The number of nitrogens with zero attached hydrogens (tertiary/aromatic N) is 1. The van der Waals surface area contributed by atoms with Crippen LogP contribution in [0.4, 0.5) is 5.69 Å². The van der Waals surface area contributed by atoms with Gasteiger partial charge in [-0.15, -0.1) is 0 Å². The van der Waals surface area contributed by atoms with Gasteiger partial charge in [0.05, 0.1) is 6.04 Å². The van der Waals surface area contributed by atoms with Crippen molar-refractivity contribution in [1.29, 1.82) is 0 Å². The number of aryl methyl sites for hydroxylation is 1. The molecule has 1 heterocycles. The second kappa shape index (κ2) is 8.87. The molecule has 0 bridgehead atoms. The summed E-state index contributed by atoms with van der Waals surface area (Å²) in [5, 5.41) is 22.0. The highest BCUT2D eigenvalue weighted by Crippen LogP contribution is 2.30. The standard InChI is InChI=1S/C22H24N2O5/c1-14(21(26)27)24-19-10-6-5-9-16(19)13-18(20(24)25)23-17(22(28)29)12-11-15-7-3-2-4-8-15/h2-10,14,17-18,23H,11-13H2,1H3,(H,26,27)(H,28,29). The van der Waals surface area contributed by atoms with E-state index in [1.807, 2.05) is 42.5 Å². The molecule has 29 heavy (non-hydrogen) atoms. The third kappa shape index (κ3) is 4.63. The van der Waals surface area contributed by atoms with Crippen LogP contribution in [-0.4, -0.2) is 46.2 Å². The van der Waals surface area contributed by atoms with E-state index < -0.39 is 36.0 Å². The number of amides is 1. The van der Waals surface area contributed by atoms with Gasteiger partial charge in [-0.1, -0.05) is 48.5 Å². The van der Waals surface area contributed by atoms with Crippen LogP contribution in [0.1, 0.15) is 24.5 Å². The highest BCUT2D eigenvalue weighted by atomic mass is 16.4. The molecule has 0 radical (unpaired) electrons. The minimum Gasteiger partial charge on any atom is -0.480 e. The van der Waals surface area contributed by atoms with Crippen molar-refractivity contribution in [2.75, 3.05) is 4.90 Å². The van der Waals surface area contributed by atoms with Gasteiger partial charge in [-0.3, -0.25) is 19.8 Å². The van der Waals surface area contributed by atoms with E-state index in [0.717, 1.165) is 11.1 Å². The lowest BCUT2D eigenvalue weighted by Gasteiger charge is -2.37. The zero-order valence-corrected chi connectivity index (χ0v) is 16.1. The predicted molar refractivity (Wildman–Crippen MR) is 108 cm³/mol. The Bertz CT molecular complexity index is 899. The number of carboxylic acid groups (broad SMARTS) is 2. The molecule has 3 rings (SSSR count). The Labute approximate surface area is 169 Å². The molecule has 3 unspecified atom stereocenters. The first-order valence-corrected chi connectivity index (χ1v) is 9.55. The number of aliphatic carboxylic acids is 2. The Morgan fingerprint density at radius 2 is 1.72 bits per heavy atom. The van der Waals surface area contributed by atoms with Gasteiger partial charge in [0, 0.05) is 5.69 Å². The van der Waals surface area contributed by atoms with Crippen LogP contribution in [-0.2, 0) is 27.2 Å². The number of para-hydroxylation sites is 1. The molecule has 0 saturated heterocycles. The summed E-state index contributed by atoms with van der Waals surface area (Å²) in [4.78, 5) is 37.6. The van der Waals surface area contributed by atoms with Crippen molar-refractivity contribution in [3.05, 3.63) is 65.7 Å². The van der Waals surface area contributed by atoms with Crippen molar-refractivity contribution in [2.24, 2.45) is 0 Å². The van der Waals surface area contributed by atoms with Crippen molar-refractivity contribution in [2.45, 2.75) is 44.3 Å². The van der Waals surface area contributed by atoms with Crippen LogP contribution in [0.15, 0.2) is 54.6 Å². The van der Waals surface area contributed by atoms with Crippen molar-refractivity contribution in [3.8, 4) is 0 Å². The summed E-state index contributed by atoms with van der Waals surface area (Å²) in [5.74, 6) is -2.58. The van der Waals surface area contributed by atoms with E-state index in [1.54, 1.807) is 12.1 Å². The number of hydrogen-bond acceptors (Lipinski definition) is 4. The number of carboxylic acids is 2.